The van der Waals surface area contributed by atoms with Crippen LogP contribution < -0.4 is 10.1 Å². The Morgan fingerprint density at radius 2 is 1.72 bits per heavy atom. The number of amides is 2. The molecule has 32 heavy (non-hydrogen) atoms. The van der Waals surface area contributed by atoms with Gasteiger partial charge in [0, 0.05) is 31.1 Å². The normalized spacial score (nSPS) is 14.0. The van der Waals surface area contributed by atoms with Crippen LogP contribution in [0.15, 0.2) is 48.5 Å². The Morgan fingerprint density at radius 3 is 2.38 bits per heavy atom. The van der Waals surface area contributed by atoms with Crippen molar-refractivity contribution in [2.75, 3.05) is 19.7 Å². The number of ether oxygens (including phenoxy) is 2. The van der Waals surface area contributed by atoms with Crippen LogP contribution >= 0.6 is 0 Å². The van der Waals surface area contributed by atoms with Crippen molar-refractivity contribution in [3.05, 3.63) is 65.2 Å². The molecule has 1 aliphatic heterocycles. The van der Waals surface area contributed by atoms with E-state index in [9.17, 15) is 14.4 Å². The molecule has 1 heterocycles. The van der Waals surface area contributed by atoms with Gasteiger partial charge < -0.3 is 19.7 Å². The van der Waals surface area contributed by atoms with Gasteiger partial charge in [-0.1, -0.05) is 24.3 Å². The summed E-state index contributed by atoms with van der Waals surface area (Å²) in [6.07, 6.45) is 1.93. The summed E-state index contributed by atoms with van der Waals surface area (Å²) in [5.74, 6) is 0.296. The van der Waals surface area contributed by atoms with Gasteiger partial charge in [-0.2, -0.15) is 0 Å². The topological polar surface area (TPSA) is 84.9 Å². The highest BCUT2D eigenvalue weighted by molar-refractivity contribution is 5.94. The lowest BCUT2D eigenvalue weighted by Gasteiger charge is -2.32. The molecule has 7 nitrogen and oxygen atoms in total. The molecule has 1 fully saturated rings. The quantitative estimate of drug-likeness (QED) is 0.524. The van der Waals surface area contributed by atoms with Gasteiger partial charge in [0.1, 0.15) is 5.75 Å². The first-order valence-corrected chi connectivity index (χ1v) is 11.0. The van der Waals surface area contributed by atoms with Crippen LogP contribution in [0.25, 0.3) is 0 Å². The second-order valence-corrected chi connectivity index (χ2v) is 7.86. The molecule has 0 aliphatic carbocycles. The summed E-state index contributed by atoms with van der Waals surface area (Å²) in [7, 11) is 0. The molecule has 170 valence electrons. The highest BCUT2D eigenvalue weighted by atomic mass is 16.7. The fourth-order valence-electron chi connectivity index (χ4n) is 3.75. The summed E-state index contributed by atoms with van der Waals surface area (Å²) in [6, 6.07) is 14.5. The number of piperidine rings is 1. The molecule has 1 saturated heterocycles. The number of likely N-dealkylation sites (tertiary alicyclic amines) is 1. The Balaban J connectivity index is 1.42. The predicted molar refractivity (Wildman–Crippen MR) is 121 cm³/mol. The SMILES string of the molecule is CCOC(=O)Oc1ccc(C(=O)NC2CCN(C(=O)CCc3ccccc3C)CC2)cc1. The van der Waals surface area contributed by atoms with Gasteiger partial charge in [-0.15, -0.1) is 0 Å². The van der Waals surface area contributed by atoms with E-state index in [1.54, 1.807) is 31.2 Å². The van der Waals surface area contributed by atoms with E-state index < -0.39 is 6.16 Å². The van der Waals surface area contributed by atoms with Crippen molar-refractivity contribution in [1.29, 1.82) is 0 Å². The number of rotatable bonds is 7. The van der Waals surface area contributed by atoms with E-state index in [2.05, 4.69) is 24.4 Å². The van der Waals surface area contributed by atoms with Crippen molar-refractivity contribution in [3.8, 4) is 5.75 Å². The lowest BCUT2D eigenvalue weighted by Crippen LogP contribution is -2.46. The number of nitrogens with zero attached hydrogens (tertiary/aromatic N) is 1. The largest absolute Gasteiger partial charge is 0.513 e. The maximum atomic E-state index is 12.6. The van der Waals surface area contributed by atoms with Gasteiger partial charge in [-0.3, -0.25) is 9.59 Å². The average molecular weight is 439 g/mol. The third kappa shape index (κ3) is 6.57. The van der Waals surface area contributed by atoms with Crippen LogP contribution in [0.2, 0.25) is 0 Å². The molecule has 2 aromatic carbocycles. The second kappa shape index (κ2) is 11.3. The highest BCUT2D eigenvalue weighted by Crippen LogP contribution is 2.17. The van der Waals surface area contributed by atoms with Crippen LogP contribution in [0.1, 0.15) is 47.7 Å². The maximum absolute atomic E-state index is 12.6. The van der Waals surface area contributed by atoms with Gasteiger partial charge in [0.15, 0.2) is 0 Å². The Kier molecular flexibility index (Phi) is 8.25. The lowest BCUT2D eigenvalue weighted by molar-refractivity contribution is -0.132. The van der Waals surface area contributed by atoms with Crippen molar-refractivity contribution < 1.29 is 23.9 Å². The van der Waals surface area contributed by atoms with Crippen LogP contribution in [0, 0.1) is 6.92 Å². The number of carbonyl (C=O) groups excluding carboxylic acids is 3. The number of benzene rings is 2. The Bertz CT molecular complexity index is 934. The molecular weight excluding hydrogens is 408 g/mol. The van der Waals surface area contributed by atoms with E-state index in [-0.39, 0.29) is 24.5 Å². The van der Waals surface area contributed by atoms with E-state index in [1.807, 2.05) is 17.0 Å². The minimum Gasteiger partial charge on any atom is -0.434 e. The van der Waals surface area contributed by atoms with Crippen molar-refractivity contribution in [1.82, 2.24) is 10.2 Å². The molecule has 3 rings (SSSR count). The van der Waals surface area contributed by atoms with Gasteiger partial charge in [0.2, 0.25) is 5.91 Å². The van der Waals surface area contributed by atoms with E-state index in [1.165, 1.54) is 11.1 Å². The monoisotopic (exact) mass is 438 g/mol. The zero-order valence-electron chi connectivity index (χ0n) is 18.6. The van der Waals surface area contributed by atoms with Crippen molar-refractivity contribution in [3.63, 3.8) is 0 Å². The third-order valence-corrected chi connectivity index (χ3v) is 5.63. The molecule has 2 aromatic rings. The minimum atomic E-state index is -0.773. The van der Waals surface area contributed by atoms with Gasteiger partial charge in [-0.25, -0.2) is 4.79 Å². The van der Waals surface area contributed by atoms with Gasteiger partial charge in [-0.05, 0) is 68.5 Å². The number of nitrogens with one attached hydrogen (secondary N) is 1. The summed E-state index contributed by atoms with van der Waals surface area (Å²) in [6.45, 7) is 5.28. The number of hydrogen-bond donors (Lipinski definition) is 1. The standard InChI is InChI=1S/C25H30N2O5/c1-3-31-25(30)32-22-11-8-20(9-12-22)24(29)26-21-14-16-27(17-15-21)23(28)13-10-19-7-5-4-6-18(19)2/h4-9,11-12,21H,3,10,13-17H2,1-2H3,(H,26,29). The Labute approximate surface area is 188 Å². The minimum absolute atomic E-state index is 0.0263. The molecule has 0 radical (unpaired) electrons. The Hall–Kier alpha value is -3.35. The van der Waals surface area contributed by atoms with E-state index >= 15 is 0 Å². The molecule has 1 N–H and O–H groups in total. The first kappa shape index (κ1) is 23.3. The van der Waals surface area contributed by atoms with Crippen LogP contribution in [-0.2, 0) is 16.0 Å². The molecule has 0 aromatic heterocycles. The van der Waals surface area contributed by atoms with Crippen LogP contribution in [0.3, 0.4) is 0 Å². The summed E-state index contributed by atoms with van der Waals surface area (Å²) in [5, 5.41) is 3.03. The fourth-order valence-corrected chi connectivity index (χ4v) is 3.75. The maximum Gasteiger partial charge on any atom is 0.513 e. The van der Waals surface area contributed by atoms with Crippen molar-refractivity contribution in [2.45, 2.75) is 45.6 Å². The molecule has 0 saturated carbocycles. The van der Waals surface area contributed by atoms with Crippen molar-refractivity contribution in [2.24, 2.45) is 0 Å². The van der Waals surface area contributed by atoms with Crippen molar-refractivity contribution >= 4 is 18.0 Å². The van der Waals surface area contributed by atoms with Gasteiger partial charge in [0.05, 0.1) is 6.61 Å². The van der Waals surface area contributed by atoms with Gasteiger partial charge in [0.25, 0.3) is 5.91 Å². The molecule has 0 unspecified atom stereocenters. The zero-order chi connectivity index (χ0) is 22.9. The van der Waals surface area contributed by atoms with Crippen LogP contribution in [0.5, 0.6) is 5.75 Å². The number of aryl methyl sites for hydroxylation is 2. The summed E-state index contributed by atoms with van der Waals surface area (Å²) < 4.78 is 9.72. The van der Waals surface area contributed by atoms with Gasteiger partial charge >= 0.3 is 6.16 Å². The highest BCUT2D eigenvalue weighted by Gasteiger charge is 2.24. The molecule has 0 atom stereocenters. The molecule has 1 aliphatic rings. The predicted octanol–water partition coefficient (Wildman–Crippen LogP) is 3.88. The van der Waals surface area contributed by atoms with Crippen LogP contribution in [0.4, 0.5) is 4.79 Å². The summed E-state index contributed by atoms with van der Waals surface area (Å²) in [4.78, 5) is 38.3. The second-order valence-electron chi connectivity index (χ2n) is 7.86. The molecule has 0 spiro atoms. The molecule has 7 heteroatoms. The summed E-state index contributed by atoms with van der Waals surface area (Å²) in [5.41, 5.74) is 2.90. The van der Waals surface area contributed by atoms with E-state index in [4.69, 9.17) is 9.47 Å². The summed E-state index contributed by atoms with van der Waals surface area (Å²) >= 11 is 0. The fraction of sp³-hybridized carbons (Fsp3) is 0.400. The molecular formula is C25H30N2O5. The number of hydrogen-bond acceptors (Lipinski definition) is 5. The smallest absolute Gasteiger partial charge is 0.434 e. The first-order chi connectivity index (χ1) is 15.5. The van der Waals surface area contributed by atoms with E-state index in [0.717, 1.165) is 19.3 Å². The van der Waals surface area contributed by atoms with Crippen LogP contribution in [-0.4, -0.2) is 48.6 Å². The first-order valence-electron chi connectivity index (χ1n) is 11.0. The lowest BCUT2D eigenvalue weighted by atomic mass is 10.0. The third-order valence-electron chi connectivity index (χ3n) is 5.63. The average Bonchev–Trinajstić information content (AvgIpc) is 2.79. The molecule has 2 amide bonds. The molecule has 0 bridgehead atoms. The number of carbonyl (C=O) groups is 3. The Morgan fingerprint density at radius 1 is 1.03 bits per heavy atom. The zero-order valence-corrected chi connectivity index (χ0v) is 18.6. The van der Waals surface area contributed by atoms with E-state index in [0.29, 0.717) is 30.8 Å².